The summed E-state index contributed by atoms with van der Waals surface area (Å²) in [4.78, 5) is 19.5. The third kappa shape index (κ3) is 6.41. The van der Waals surface area contributed by atoms with Crippen molar-refractivity contribution in [3.05, 3.63) is 125 Å². The zero-order chi connectivity index (χ0) is 38.8. The van der Waals surface area contributed by atoms with Gasteiger partial charge >= 0.3 is 0 Å². The van der Waals surface area contributed by atoms with Gasteiger partial charge in [-0.25, -0.2) is 36.2 Å². The van der Waals surface area contributed by atoms with E-state index in [-0.39, 0.29) is 55.2 Å². The Hall–Kier alpha value is -6.20. The SMILES string of the molecule is O=S(=O)(Nc1ccccc1Cl)c1ccc2nc(-c3nc(-c4cccc(NS(=O)(=O)c5ccc6nc(-c7cccc8c7OCO8)[nH]c6c5)c4Cl)ccc3F)[nH]c2c1. The number of aromatic amines is 2. The first-order chi connectivity index (χ1) is 26.9. The molecular weight excluding hydrogens is 804 g/mol. The van der Waals surface area contributed by atoms with Gasteiger partial charge in [0.25, 0.3) is 20.0 Å². The number of pyridine rings is 1. The summed E-state index contributed by atoms with van der Waals surface area (Å²) >= 11 is 12.9. The minimum atomic E-state index is -4.17. The van der Waals surface area contributed by atoms with Gasteiger partial charge in [-0.3, -0.25) is 9.44 Å². The second-order valence-corrected chi connectivity index (χ2v) is 16.6. The molecule has 3 aromatic heterocycles. The van der Waals surface area contributed by atoms with Gasteiger partial charge in [-0.2, -0.15) is 0 Å². The fourth-order valence-electron chi connectivity index (χ4n) is 6.19. The molecule has 0 unspecified atom stereocenters. The zero-order valence-corrected chi connectivity index (χ0v) is 31.5. The lowest BCUT2D eigenvalue weighted by Crippen LogP contribution is -2.13. The van der Waals surface area contributed by atoms with E-state index in [2.05, 4.69) is 34.4 Å². The van der Waals surface area contributed by atoms with Crippen molar-refractivity contribution in [3.63, 3.8) is 0 Å². The van der Waals surface area contributed by atoms with Gasteiger partial charge in [0.1, 0.15) is 11.5 Å². The Bertz CT molecular complexity index is 3120. The van der Waals surface area contributed by atoms with Crippen LogP contribution in [-0.2, 0) is 20.0 Å². The largest absolute Gasteiger partial charge is 0.454 e. The number of ether oxygens (including phenoxy) is 2. The molecular formula is C38H24Cl2FN7O6S2. The summed E-state index contributed by atoms with van der Waals surface area (Å²) in [6.45, 7) is 0.0893. The van der Waals surface area contributed by atoms with Crippen LogP contribution in [0.4, 0.5) is 15.8 Å². The summed E-state index contributed by atoms with van der Waals surface area (Å²) in [5.41, 5.74) is 2.95. The molecule has 0 saturated carbocycles. The van der Waals surface area contributed by atoms with Crippen LogP contribution in [0.3, 0.4) is 0 Å². The smallest absolute Gasteiger partial charge is 0.262 e. The molecule has 5 aromatic carbocycles. The summed E-state index contributed by atoms with van der Waals surface area (Å²) < 4.78 is 85.0. The predicted molar refractivity (Wildman–Crippen MR) is 210 cm³/mol. The molecule has 9 rings (SSSR count). The number of nitrogens with zero attached hydrogens (tertiary/aromatic N) is 3. The molecule has 0 fully saturated rings. The summed E-state index contributed by atoms with van der Waals surface area (Å²) in [5.74, 6) is 0.916. The third-order valence-electron chi connectivity index (χ3n) is 8.89. The molecule has 280 valence electrons. The number of hydrogen-bond acceptors (Lipinski definition) is 9. The first-order valence-electron chi connectivity index (χ1n) is 16.6. The zero-order valence-electron chi connectivity index (χ0n) is 28.3. The highest BCUT2D eigenvalue weighted by atomic mass is 35.5. The Morgan fingerprint density at radius 3 is 2.00 bits per heavy atom. The van der Waals surface area contributed by atoms with Crippen LogP contribution in [0.5, 0.6) is 11.5 Å². The van der Waals surface area contributed by atoms with E-state index in [0.717, 1.165) is 0 Å². The molecule has 0 radical (unpaired) electrons. The second kappa shape index (κ2) is 13.5. The summed E-state index contributed by atoms with van der Waals surface area (Å²) in [5, 5.41) is 0.238. The van der Waals surface area contributed by atoms with Gasteiger partial charge in [-0.15, -0.1) is 0 Å². The van der Waals surface area contributed by atoms with Gasteiger partial charge in [-0.1, -0.05) is 53.5 Å². The van der Waals surface area contributed by atoms with Crippen LogP contribution >= 0.6 is 23.2 Å². The maximum Gasteiger partial charge on any atom is 0.262 e. The molecule has 13 nitrogen and oxygen atoms in total. The van der Waals surface area contributed by atoms with Gasteiger partial charge in [0.05, 0.1) is 64.5 Å². The third-order valence-corrected chi connectivity index (χ3v) is 12.3. The Morgan fingerprint density at radius 2 is 1.27 bits per heavy atom. The van der Waals surface area contributed by atoms with Crippen LogP contribution < -0.4 is 18.9 Å². The lowest BCUT2D eigenvalue weighted by atomic mass is 10.1. The van der Waals surface area contributed by atoms with Crippen molar-refractivity contribution in [3.8, 4) is 45.7 Å². The Kier molecular flexibility index (Phi) is 8.57. The highest BCUT2D eigenvalue weighted by Gasteiger charge is 2.24. The van der Waals surface area contributed by atoms with Gasteiger partial charge in [0, 0.05) is 5.56 Å². The standard InChI is InChI=1S/C38H24Cl2FN7O6S2/c39-24-7-1-2-8-27(24)47-55(49,50)20-12-15-29-32(18-20)46-38(44-29)35-25(41)13-16-26(42-35)22-5-3-9-30(34(22)40)48-56(51,52)21-11-14-28-31(17-21)45-37(43-28)23-6-4-10-33-36(23)54-19-53-33/h1-18,47-48H,19H2,(H,43,45)(H,44,46). The molecule has 0 saturated heterocycles. The number of hydrogen-bond donors (Lipinski definition) is 4. The van der Waals surface area contributed by atoms with E-state index in [0.29, 0.717) is 50.5 Å². The number of H-pyrrole nitrogens is 2. The number of anilines is 2. The summed E-state index contributed by atoms with van der Waals surface area (Å²) in [6.07, 6.45) is 0. The number of rotatable bonds is 9. The molecule has 0 spiro atoms. The van der Waals surface area contributed by atoms with Gasteiger partial charge in [0.2, 0.25) is 6.79 Å². The van der Waals surface area contributed by atoms with Crippen molar-refractivity contribution < 1.29 is 30.7 Å². The Labute approximate surface area is 327 Å². The van der Waals surface area contributed by atoms with E-state index < -0.39 is 25.9 Å². The van der Waals surface area contributed by atoms with Crippen molar-refractivity contribution in [2.45, 2.75) is 9.79 Å². The monoisotopic (exact) mass is 827 g/mol. The minimum absolute atomic E-state index is 0.0108. The van der Waals surface area contributed by atoms with Crippen LogP contribution in [0.15, 0.2) is 119 Å². The second-order valence-electron chi connectivity index (χ2n) is 12.5. The van der Waals surface area contributed by atoms with Crippen molar-refractivity contribution in [2.75, 3.05) is 16.2 Å². The fraction of sp³-hybridized carbons (Fsp3) is 0.0263. The lowest BCUT2D eigenvalue weighted by Gasteiger charge is -2.13. The molecule has 0 amide bonds. The average molecular weight is 829 g/mol. The van der Waals surface area contributed by atoms with Crippen LogP contribution in [0.2, 0.25) is 10.0 Å². The van der Waals surface area contributed by atoms with Crippen LogP contribution in [0.25, 0.3) is 56.2 Å². The van der Waals surface area contributed by atoms with Crippen molar-refractivity contribution in [2.24, 2.45) is 0 Å². The molecule has 1 aliphatic rings. The molecule has 0 aliphatic carbocycles. The van der Waals surface area contributed by atoms with E-state index in [4.69, 9.17) is 32.7 Å². The van der Waals surface area contributed by atoms with E-state index in [1.165, 1.54) is 54.6 Å². The normalized spacial score (nSPS) is 12.7. The van der Waals surface area contributed by atoms with Crippen molar-refractivity contribution >= 4 is 76.7 Å². The van der Waals surface area contributed by atoms with Gasteiger partial charge in [0.15, 0.2) is 23.1 Å². The number of imidazole rings is 2. The number of aromatic nitrogens is 5. The highest BCUT2D eigenvalue weighted by molar-refractivity contribution is 7.93. The Balaban J connectivity index is 0.990. The topological polar surface area (TPSA) is 181 Å². The molecule has 0 atom stereocenters. The summed E-state index contributed by atoms with van der Waals surface area (Å²) in [7, 11) is -8.22. The first-order valence-corrected chi connectivity index (χ1v) is 20.3. The highest BCUT2D eigenvalue weighted by Crippen LogP contribution is 2.41. The van der Waals surface area contributed by atoms with Gasteiger partial charge < -0.3 is 19.4 Å². The maximum atomic E-state index is 15.3. The quantitative estimate of drug-likeness (QED) is 0.111. The van der Waals surface area contributed by atoms with Gasteiger partial charge in [-0.05, 0) is 78.9 Å². The average Bonchev–Trinajstić information content (AvgIpc) is 3.94. The lowest BCUT2D eigenvalue weighted by molar-refractivity contribution is 0.174. The van der Waals surface area contributed by atoms with E-state index in [9.17, 15) is 16.8 Å². The number of sulfonamides is 2. The number of para-hydroxylation sites is 2. The van der Waals surface area contributed by atoms with E-state index in [1.807, 2.05) is 12.1 Å². The first kappa shape index (κ1) is 35.5. The molecule has 56 heavy (non-hydrogen) atoms. The summed E-state index contributed by atoms with van der Waals surface area (Å²) in [6, 6.07) is 27.8. The van der Waals surface area contributed by atoms with E-state index >= 15 is 4.39 Å². The predicted octanol–water partition coefficient (Wildman–Crippen LogP) is 8.61. The van der Waals surface area contributed by atoms with Crippen molar-refractivity contribution in [1.82, 2.24) is 24.9 Å². The number of nitrogens with one attached hydrogen (secondary N) is 4. The number of fused-ring (bicyclic) bond motifs is 3. The fourth-order valence-corrected chi connectivity index (χ4v) is 8.95. The minimum Gasteiger partial charge on any atom is -0.454 e. The molecule has 4 N–H and O–H groups in total. The number of halogens is 3. The number of benzene rings is 5. The molecule has 8 aromatic rings. The van der Waals surface area contributed by atoms with Crippen molar-refractivity contribution in [1.29, 1.82) is 0 Å². The molecule has 18 heteroatoms. The molecule has 1 aliphatic heterocycles. The maximum absolute atomic E-state index is 15.3. The van der Waals surface area contributed by atoms with Crippen LogP contribution in [0.1, 0.15) is 0 Å². The van der Waals surface area contributed by atoms with E-state index in [1.54, 1.807) is 42.5 Å². The molecule has 0 bridgehead atoms. The molecule has 4 heterocycles. The van der Waals surface area contributed by atoms with Crippen LogP contribution in [0, 0.1) is 5.82 Å². The Morgan fingerprint density at radius 1 is 0.643 bits per heavy atom. The van der Waals surface area contributed by atoms with Crippen LogP contribution in [-0.4, -0.2) is 48.5 Å².